The first kappa shape index (κ1) is 13.3. The van der Waals surface area contributed by atoms with E-state index in [9.17, 15) is 4.39 Å². The molecule has 0 radical (unpaired) electrons. The molecule has 5 heteroatoms. The van der Waals surface area contributed by atoms with Crippen LogP contribution in [0.15, 0.2) is 41.1 Å². The molecular weight excluding hydrogens is 321 g/mol. The number of pyridine rings is 1. The molecule has 1 aromatic heterocycles. The fourth-order valence-corrected chi connectivity index (χ4v) is 2.11. The van der Waals surface area contributed by atoms with E-state index in [-0.39, 0.29) is 12.4 Å². The first-order chi connectivity index (χ1) is 8.69. The molecule has 0 fully saturated rings. The molecule has 18 heavy (non-hydrogen) atoms. The zero-order chi connectivity index (χ0) is 13.0. The van der Waals surface area contributed by atoms with Crippen LogP contribution >= 0.6 is 27.5 Å². The predicted octanol–water partition coefficient (Wildman–Crippen LogP) is 4.30. The Bertz CT molecular complexity index is 550. The minimum Gasteiger partial charge on any atom is -0.489 e. The highest BCUT2D eigenvalue weighted by Crippen LogP contribution is 2.25. The van der Waals surface area contributed by atoms with Gasteiger partial charge in [0.25, 0.3) is 0 Å². The van der Waals surface area contributed by atoms with E-state index in [1.54, 1.807) is 6.20 Å². The van der Waals surface area contributed by atoms with Crippen molar-refractivity contribution in [3.8, 4) is 5.75 Å². The van der Waals surface area contributed by atoms with Gasteiger partial charge in [-0.05, 0) is 24.3 Å². The summed E-state index contributed by atoms with van der Waals surface area (Å²) in [6.45, 7) is 0.260. The average molecular weight is 331 g/mol. The highest BCUT2D eigenvalue weighted by atomic mass is 79.9. The van der Waals surface area contributed by atoms with E-state index in [4.69, 9.17) is 16.3 Å². The van der Waals surface area contributed by atoms with E-state index in [0.29, 0.717) is 17.2 Å². The molecule has 0 aliphatic rings. The maximum absolute atomic E-state index is 12.9. The first-order valence-electron chi connectivity index (χ1n) is 5.25. The Kier molecular flexibility index (Phi) is 4.55. The van der Waals surface area contributed by atoms with Crippen LogP contribution in [0.2, 0.25) is 0 Å². The van der Waals surface area contributed by atoms with Crippen molar-refractivity contribution in [3.63, 3.8) is 0 Å². The first-order valence-corrected chi connectivity index (χ1v) is 6.58. The summed E-state index contributed by atoms with van der Waals surface area (Å²) in [5.41, 5.74) is 1.56. The second kappa shape index (κ2) is 6.16. The van der Waals surface area contributed by atoms with Crippen LogP contribution in [0.5, 0.6) is 5.75 Å². The monoisotopic (exact) mass is 329 g/mol. The van der Waals surface area contributed by atoms with Crippen molar-refractivity contribution >= 4 is 27.5 Å². The van der Waals surface area contributed by atoms with Gasteiger partial charge in [-0.2, -0.15) is 0 Å². The molecule has 2 nitrogen and oxygen atoms in total. The molecule has 0 saturated carbocycles. The van der Waals surface area contributed by atoms with Crippen LogP contribution in [-0.2, 0) is 12.5 Å². The van der Waals surface area contributed by atoms with E-state index in [2.05, 4.69) is 20.9 Å². The smallest absolute Gasteiger partial charge is 0.141 e. The van der Waals surface area contributed by atoms with Crippen LogP contribution in [0, 0.1) is 5.82 Å². The molecule has 2 rings (SSSR count). The molecule has 2 aromatic rings. The van der Waals surface area contributed by atoms with Gasteiger partial charge in [-0.3, -0.25) is 4.98 Å². The van der Waals surface area contributed by atoms with E-state index in [1.165, 1.54) is 6.07 Å². The SMILES string of the molecule is Fc1cncc(COc2ccc(Br)cc2CCl)c1. The molecular formula is C13H10BrClFNO. The van der Waals surface area contributed by atoms with Gasteiger partial charge in [0.05, 0.1) is 12.1 Å². The van der Waals surface area contributed by atoms with Crippen molar-refractivity contribution in [1.29, 1.82) is 0 Å². The van der Waals surface area contributed by atoms with Gasteiger partial charge in [0, 0.05) is 21.8 Å². The van der Waals surface area contributed by atoms with Crippen molar-refractivity contribution in [2.24, 2.45) is 0 Å². The number of ether oxygens (including phenoxy) is 1. The second-order valence-electron chi connectivity index (χ2n) is 3.69. The molecule has 0 N–H and O–H groups in total. The van der Waals surface area contributed by atoms with Gasteiger partial charge in [0.1, 0.15) is 18.2 Å². The number of nitrogens with zero attached hydrogens (tertiary/aromatic N) is 1. The average Bonchev–Trinajstić information content (AvgIpc) is 2.37. The minimum absolute atomic E-state index is 0.260. The molecule has 94 valence electrons. The maximum atomic E-state index is 12.9. The Morgan fingerprint density at radius 3 is 2.83 bits per heavy atom. The summed E-state index contributed by atoms with van der Waals surface area (Å²) in [5.74, 6) is 0.679. The third-order valence-corrected chi connectivity index (χ3v) is 3.10. The van der Waals surface area contributed by atoms with E-state index < -0.39 is 0 Å². The lowest BCUT2D eigenvalue weighted by molar-refractivity contribution is 0.302. The molecule has 0 bridgehead atoms. The Labute approximate surface area is 118 Å². The van der Waals surface area contributed by atoms with Crippen molar-refractivity contribution in [2.75, 3.05) is 0 Å². The molecule has 0 aliphatic heterocycles. The van der Waals surface area contributed by atoms with Gasteiger partial charge < -0.3 is 4.74 Å². The van der Waals surface area contributed by atoms with E-state index >= 15 is 0 Å². The van der Waals surface area contributed by atoms with Crippen LogP contribution in [0.1, 0.15) is 11.1 Å². The van der Waals surface area contributed by atoms with Gasteiger partial charge in [0.2, 0.25) is 0 Å². The number of rotatable bonds is 4. The maximum Gasteiger partial charge on any atom is 0.141 e. The van der Waals surface area contributed by atoms with Crippen LogP contribution in [0.25, 0.3) is 0 Å². The van der Waals surface area contributed by atoms with Crippen molar-refractivity contribution in [1.82, 2.24) is 4.98 Å². The molecule has 0 saturated heterocycles. The summed E-state index contributed by atoms with van der Waals surface area (Å²) in [6.07, 6.45) is 2.73. The lowest BCUT2D eigenvalue weighted by atomic mass is 10.2. The second-order valence-corrected chi connectivity index (χ2v) is 4.87. The molecule has 1 heterocycles. The summed E-state index contributed by atoms with van der Waals surface area (Å²) >= 11 is 9.21. The molecule has 0 unspecified atom stereocenters. The number of alkyl halides is 1. The Morgan fingerprint density at radius 2 is 2.11 bits per heavy atom. The lowest BCUT2D eigenvalue weighted by Crippen LogP contribution is -1.99. The van der Waals surface area contributed by atoms with Crippen molar-refractivity contribution in [2.45, 2.75) is 12.5 Å². The van der Waals surface area contributed by atoms with Crippen LogP contribution in [-0.4, -0.2) is 4.98 Å². The predicted molar refractivity (Wildman–Crippen MR) is 72.2 cm³/mol. The number of hydrogen-bond acceptors (Lipinski definition) is 2. The van der Waals surface area contributed by atoms with Gasteiger partial charge in [-0.1, -0.05) is 15.9 Å². The number of aromatic nitrogens is 1. The third-order valence-electron chi connectivity index (χ3n) is 2.32. The Hall–Kier alpha value is -1.13. The molecule has 1 aromatic carbocycles. The Balaban J connectivity index is 2.10. The molecule has 0 spiro atoms. The van der Waals surface area contributed by atoms with Gasteiger partial charge in [-0.25, -0.2) is 4.39 Å². The highest BCUT2D eigenvalue weighted by Gasteiger charge is 2.04. The number of benzene rings is 1. The quantitative estimate of drug-likeness (QED) is 0.780. The topological polar surface area (TPSA) is 22.1 Å². The summed E-state index contributed by atoms with van der Waals surface area (Å²) in [5, 5.41) is 0. The summed E-state index contributed by atoms with van der Waals surface area (Å²) in [4.78, 5) is 3.76. The summed E-state index contributed by atoms with van der Waals surface area (Å²) < 4.78 is 19.5. The standard InChI is InChI=1S/C13H10BrClFNO/c14-11-1-2-13(10(4-11)5-15)18-8-9-3-12(16)7-17-6-9/h1-4,6-7H,5,8H2. The fourth-order valence-electron chi connectivity index (χ4n) is 1.49. The van der Waals surface area contributed by atoms with E-state index in [0.717, 1.165) is 16.2 Å². The molecule has 0 aliphatic carbocycles. The van der Waals surface area contributed by atoms with Gasteiger partial charge in [0.15, 0.2) is 0 Å². The zero-order valence-electron chi connectivity index (χ0n) is 9.37. The highest BCUT2D eigenvalue weighted by molar-refractivity contribution is 9.10. The summed E-state index contributed by atoms with van der Waals surface area (Å²) in [6, 6.07) is 6.99. The normalized spacial score (nSPS) is 10.4. The van der Waals surface area contributed by atoms with Crippen LogP contribution in [0.3, 0.4) is 0 Å². The van der Waals surface area contributed by atoms with Gasteiger partial charge in [-0.15, -0.1) is 11.6 Å². The fraction of sp³-hybridized carbons (Fsp3) is 0.154. The summed E-state index contributed by atoms with van der Waals surface area (Å²) in [7, 11) is 0. The number of hydrogen-bond donors (Lipinski definition) is 0. The third kappa shape index (κ3) is 3.43. The largest absolute Gasteiger partial charge is 0.489 e. The van der Waals surface area contributed by atoms with Gasteiger partial charge >= 0.3 is 0 Å². The van der Waals surface area contributed by atoms with Crippen LogP contribution < -0.4 is 4.74 Å². The lowest BCUT2D eigenvalue weighted by Gasteiger charge is -2.10. The number of halogens is 3. The van der Waals surface area contributed by atoms with E-state index in [1.807, 2.05) is 18.2 Å². The minimum atomic E-state index is -0.371. The molecule has 0 amide bonds. The van der Waals surface area contributed by atoms with Crippen LogP contribution in [0.4, 0.5) is 4.39 Å². The van der Waals surface area contributed by atoms with Crippen molar-refractivity contribution < 1.29 is 9.13 Å². The molecule has 0 atom stereocenters. The van der Waals surface area contributed by atoms with Crippen molar-refractivity contribution in [3.05, 3.63) is 58.1 Å². The zero-order valence-corrected chi connectivity index (χ0v) is 11.7. The Morgan fingerprint density at radius 1 is 1.28 bits per heavy atom.